The van der Waals surface area contributed by atoms with Crippen LogP contribution < -0.4 is 0 Å². The van der Waals surface area contributed by atoms with Gasteiger partial charge in [0.25, 0.3) is 5.00 Å². The predicted octanol–water partition coefficient (Wildman–Crippen LogP) is 2.67. The van der Waals surface area contributed by atoms with Crippen LogP contribution in [-0.4, -0.2) is 19.6 Å². The molecule has 1 aromatic rings. The average Bonchev–Trinajstić information content (AvgIpc) is 2.94. The Bertz CT molecular complexity index is 597. The summed E-state index contributed by atoms with van der Waals surface area (Å²) in [7, 11) is -4.31. The second-order valence-corrected chi connectivity index (χ2v) is 6.91. The molecule has 2 bridgehead atoms. The number of fused-ring (bicyclic) bond motifs is 2. The highest BCUT2D eigenvalue weighted by molar-refractivity contribution is 7.92. The fourth-order valence-corrected chi connectivity index (χ4v) is 4.78. The van der Waals surface area contributed by atoms with Gasteiger partial charge in [-0.05, 0) is 18.6 Å². The van der Waals surface area contributed by atoms with Crippen LogP contribution in [0.4, 0.5) is 8.78 Å². The smallest absolute Gasteiger partial charge is 0.242 e. The number of halogens is 2. The monoisotopic (exact) mass is 270 g/mol. The maximum Gasteiger partial charge on any atom is 0.252 e. The van der Waals surface area contributed by atoms with Crippen LogP contribution in [0.1, 0.15) is 6.42 Å². The molecule has 2 aliphatic carbocycles. The molecule has 4 atom stereocenters. The van der Waals surface area contributed by atoms with E-state index in [2.05, 4.69) is 0 Å². The topological polar surface area (TPSA) is 34.1 Å². The number of alkyl halides is 2. The van der Waals surface area contributed by atoms with Gasteiger partial charge in [-0.3, -0.25) is 0 Å². The lowest BCUT2D eigenvalue weighted by Gasteiger charge is -2.29. The Labute approximate surface area is 104 Å². The molecule has 1 aromatic carbocycles. The van der Waals surface area contributed by atoms with Gasteiger partial charge in [0, 0.05) is 11.8 Å². The summed E-state index contributed by atoms with van der Waals surface area (Å²) in [4.78, 5) is -0.156. The summed E-state index contributed by atoms with van der Waals surface area (Å²) in [5.74, 6) is -1.49. The van der Waals surface area contributed by atoms with Gasteiger partial charge in [-0.25, -0.2) is 17.2 Å². The largest absolute Gasteiger partial charge is 0.252 e. The van der Waals surface area contributed by atoms with Crippen LogP contribution in [0.25, 0.3) is 0 Å². The van der Waals surface area contributed by atoms with Crippen LogP contribution >= 0.6 is 0 Å². The van der Waals surface area contributed by atoms with E-state index in [1.807, 2.05) is 0 Å². The van der Waals surface area contributed by atoms with Gasteiger partial charge in [-0.2, -0.15) is 0 Å². The summed E-state index contributed by atoms with van der Waals surface area (Å²) in [5.41, 5.74) is 0. The first kappa shape index (κ1) is 11.8. The van der Waals surface area contributed by atoms with E-state index < -0.39 is 32.8 Å². The summed E-state index contributed by atoms with van der Waals surface area (Å²) in [6.07, 6.45) is 1.33. The van der Waals surface area contributed by atoms with Crippen LogP contribution in [0.3, 0.4) is 0 Å². The molecule has 0 aromatic heterocycles. The first-order valence-electron chi connectivity index (χ1n) is 5.79. The minimum Gasteiger partial charge on any atom is -0.242 e. The first-order chi connectivity index (χ1) is 8.48. The molecule has 2 nitrogen and oxygen atoms in total. The summed E-state index contributed by atoms with van der Waals surface area (Å²) in [6, 6.07) is 7.26. The van der Waals surface area contributed by atoms with Gasteiger partial charge in [0.05, 0.1) is 4.90 Å². The normalized spacial score (nSPS) is 38.2. The Morgan fingerprint density at radius 2 is 1.83 bits per heavy atom. The Morgan fingerprint density at radius 1 is 1.17 bits per heavy atom. The van der Waals surface area contributed by atoms with E-state index in [0.717, 1.165) is 0 Å². The van der Waals surface area contributed by atoms with Crippen molar-refractivity contribution >= 4 is 9.84 Å². The zero-order chi connectivity index (χ0) is 13.0. The lowest BCUT2D eigenvalue weighted by molar-refractivity contribution is 0.114. The van der Waals surface area contributed by atoms with Crippen molar-refractivity contribution in [3.05, 3.63) is 42.5 Å². The number of rotatable bonds is 2. The molecule has 0 spiro atoms. The van der Waals surface area contributed by atoms with Crippen LogP contribution in [-0.2, 0) is 9.84 Å². The maximum atomic E-state index is 14.9. The highest BCUT2D eigenvalue weighted by Crippen LogP contribution is 2.54. The molecule has 1 saturated carbocycles. The minimum atomic E-state index is -4.31. The Kier molecular flexibility index (Phi) is 2.39. The summed E-state index contributed by atoms with van der Waals surface area (Å²) in [5, 5.41) is -2.81. The van der Waals surface area contributed by atoms with Crippen molar-refractivity contribution in [2.75, 3.05) is 0 Å². The molecule has 18 heavy (non-hydrogen) atoms. The molecule has 1 fully saturated rings. The molecule has 0 heterocycles. The van der Waals surface area contributed by atoms with Crippen molar-refractivity contribution in [1.82, 2.24) is 0 Å². The fourth-order valence-electron chi connectivity index (χ4n) is 2.86. The maximum absolute atomic E-state index is 14.9. The summed E-state index contributed by atoms with van der Waals surface area (Å²) in [6.45, 7) is 0. The van der Waals surface area contributed by atoms with Gasteiger partial charge >= 0.3 is 0 Å². The lowest BCUT2D eigenvalue weighted by Crippen LogP contribution is -2.46. The first-order valence-corrected chi connectivity index (χ1v) is 7.27. The number of allylic oxidation sites excluding steroid dienone is 2. The SMILES string of the molecule is O=S(=O)(c1ccccc1)[C@]1(F)[C@@H]2C=C[C@@H](C2)[C@H]1F. The van der Waals surface area contributed by atoms with Gasteiger partial charge in [-0.15, -0.1) is 0 Å². The predicted molar refractivity (Wildman–Crippen MR) is 63.1 cm³/mol. The quantitative estimate of drug-likeness (QED) is 0.774. The van der Waals surface area contributed by atoms with E-state index in [-0.39, 0.29) is 11.3 Å². The van der Waals surface area contributed by atoms with E-state index in [9.17, 15) is 17.2 Å². The molecule has 0 radical (unpaired) electrons. The lowest BCUT2D eigenvalue weighted by atomic mass is 10.0. The minimum absolute atomic E-state index is 0.156. The van der Waals surface area contributed by atoms with Crippen molar-refractivity contribution in [2.24, 2.45) is 11.8 Å². The third-order valence-electron chi connectivity index (χ3n) is 3.84. The third-order valence-corrected chi connectivity index (χ3v) is 6.08. The van der Waals surface area contributed by atoms with Crippen LogP contribution in [0.5, 0.6) is 0 Å². The van der Waals surface area contributed by atoms with Gasteiger partial charge in [0.15, 0.2) is 6.17 Å². The second kappa shape index (κ2) is 3.63. The second-order valence-electron chi connectivity index (χ2n) is 4.81. The van der Waals surface area contributed by atoms with Gasteiger partial charge < -0.3 is 0 Å². The van der Waals surface area contributed by atoms with Crippen molar-refractivity contribution in [3.8, 4) is 0 Å². The molecule has 96 valence electrons. The molecule has 0 aliphatic heterocycles. The molecule has 5 heteroatoms. The molecule has 0 amide bonds. The molecule has 0 unspecified atom stereocenters. The van der Waals surface area contributed by atoms with Gasteiger partial charge in [-0.1, -0.05) is 30.4 Å². The van der Waals surface area contributed by atoms with Gasteiger partial charge in [0.2, 0.25) is 9.84 Å². The van der Waals surface area contributed by atoms with Gasteiger partial charge in [0.1, 0.15) is 0 Å². The fraction of sp³-hybridized carbons (Fsp3) is 0.385. The molecule has 3 rings (SSSR count). The van der Waals surface area contributed by atoms with Crippen molar-refractivity contribution in [1.29, 1.82) is 0 Å². The summed E-state index contributed by atoms with van der Waals surface area (Å²) < 4.78 is 53.5. The van der Waals surface area contributed by atoms with Crippen LogP contribution in [0.15, 0.2) is 47.4 Å². The number of benzene rings is 1. The van der Waals surface area contributed by atoms with Crippen molar-refractivity contribution in [3.63, 3.8) is 0 Å². The molecule has 0 N–H and O–H groups in total. The van der Waals surface area contributed by atoms with Crippen molar-refractivity contribution in [2.45, 2.75) is 22.5 Å². The molecule has 2 aliphatic rings. The van der Waals surface area contributed by atoms with E-state index in [0.29, 0.717) is 0 Å². The van der Waals surface area contributed by atoms with E-state index in [1.165, 1.54) is 30.3 Å². The third kappa shape index (κ3) is 1.28. The Hall–Kier alpha value is -1.23. The molecule has 0 saturated heterocycles. The average molecular weight is 270 g/mol. The number of sulfone groups is 1. The summed E-state index contributed by atoms with van der Waals surface area (Å²) >= 11 is 0. The van der Waals surface area contributed by atoms with Crippen molar-refractivity contribution < 1.29 is 17.2 Å². The van der Waals surface area contributed by atoms with Crippen LogP contribution in [0, 0.1) is 11.8 Å². The van der Waals surface area contributed by atoms with E-state index in [4.69, 9.17) is 0 Å². The Balaban J connectivity index is 2.13. The zero-order valence-electron chi connectivity index (χ0n) is 9.46. The standard InChI is InChI=1S/C13H12F2O2S/c14-12-9-6-7-10(8-9)13(12,15)18(16,17)11-4-2-1-3-5-11/h1-7,9-10,12H,8H2/t9-,10+,12+,13+/m0/s1. The highest BCUT2D eigenvalue weighted by Gasteiger charge is 2.65. The van der Waals surface area contributed by atoms with E-state index in [1.54, 1.807) is 12.1 Å². The highest BCUT2D eigenvalue weighted by atomic mass is 32.2. The Morgan fingerprint density at radius 3 is 2.39 bits per heavy atom. The number of hydrogen-bond donors (Lipinski definition) is 0. The molecular formula is C13H12F2O2S. The number of hydrogen-bond acceptors (Lipinski definition) is 2. The zero-order valence-corrected chi connectivity index (χ0v) is 10.3. The van der Waals surface area contributed by atoms with Crippen LogP contribution in [0.2, 0.25) is 0 Å². The van der Waals surface area contributed by atoms with E-state index >= 15 is 0 Å². The molecular weight excluding hydrogens is 258 g/mol.